The van der Waals surface area contributed by atoms with E-state index in [-0.39, 0.29) is 18.6 Å². The summed E-state index contributed by atoms with van der Waals surface area (Å²) in [5.74, 6) is 5.45. The Morgan fingerprint density at radius 2 is 2.10 bits per heavy atom. The lowest BCUT2D eigenvalue weighted by molar-refractivity contribution is 0.0146. The second kappa shape index (κ2) is 7.82. The molecule has 0 aliphatic carbocycles. The lowest BCUT2D eigenvalue weighted by Crippen LogP contribution is -2.41. The van der Waals surface area contributed by atoms with Crippen LogP contribution in [0.3, 0.4) is 0 Å². The maximum Gasteiger partial charge on any atom is 0.255 e. The van der Waals surface area contributed by atoms with Crippen molar-refractivity contribution in [1.29, 1.82) is 0 Å². The van der Waals surface area contributed by atoms with Crippen LogP contribution in [0, 0.1) is 11.8 Å². The standard InChI is InChI=1S/C17H21NO3/c1-2-21-15-9-11-18(12-10-15)17(20)16-8-4-3-6-14(16)7-5-13-19/h3-4,6,8,15,19H,2,9-13H2,1H3. The minimum Gasteiger partial charge on any atom is -0.384 e. The summed E-state index contributed by atoms with van der Waals surface area (Å²) in [6.45, 7) is 3.94. The molecule has 1 aromatic rings. The Bertz CT molecular complexity index is 536. The van der Waals surface area contributed by atoms with Crippen molar-refractivity contribution in [2.24, 2.45) is 0 Å². The van der Waals surface area contributed by atoms with Gasteiger partial charge in [-0.05, 0) is 31.9 Å². The van der Waals surface area contributed by atoms with Crippen LogP contribution < -0.4 is 0 Å². The number of hydrogen-bond donors (Lipinski definition) is 1. The van der Waals surface area contributed by atoms with Gasteiger partial charge in [0.05, 0.1) is 11.7 Å². The van der Waals surface area contributed by atoms with E-state index in [1.165, 1.54) is 0 Å². The Kier molecular flexibility index (Phi) is 5.79. The number of likely N-dealkylation sites (tertiary alicyclic amines) is 1. The van der Waals surface area contributed by atoms with Crippen LogP contribution in [0.1, 0.15) is 35.7 Å². The van der Waals surface area contributed by atoms with Crippen LogP contribution in [-0.4, -0.2) is 48.3 Å². The second-order valence-corrected chi connectivity index (χ2v) is 4.95. The number of carbonyl (C=O) groups is 1. The van der Waals surface area contributed by atoms with Gasteiger partial charge in [-0.25, -0.2) is 0 Å². The van der Waals surface area contributed by atoms with E-state index in [9.17, 15) is 4.79 Å². The molecular formula is C17H21NO3. The number of aliphatic hydroxyl groups is 1. The quantitative estimate of drug-likeness (QED) is 0.860. The molecule has 1 fully saturated rings. The Hall–Kier alpha value is -1.83. The zero-order valence-electron chi connectivity index (χ0n) is 12.3. The first-order valence-corrected chi connectivity index (χ1v) is 7.36. The molecular weight excluding hydrogens is 266 g/mol. The van der Waals surface area contributed by atoms with Gasteiger partial charge in [0.15, 0.2) is 0 Å². The zero-order chi connectivity index (χ0) is 15.1. The van der Waals surface area contributed by atoms with Crippen LogP contribution in [0.15, 0.2) is 24.3 Å². The predicted octanol–water partition coefficient (Wildman–Crippen LogP) is 1.67. The van der Waals surface area contributed by atoms with Gasteiger partial charge in [-0.15, -0.1) is 0 Å². The molecule has 21 heavy (non-hydrogen) atoms. The van der Waals surface area contributed by atoms with Gasteiger partial charge in [-0.1, -0.05) is 24.0 Å². The number of nitrogens with zero attached hydrogens (tertiary/aromatic N) is 1. The SMILES string of the molecule is CCOC1CCN(C(=O)c2ccccc2C#CCO)CC1. The highest BCUT2D eigenvalue weighted by molar-refractivity contribution is 5.96. The van der Waals surface area contributed by atoms with Gasteiger partial charge in [-0.2, -0.15) is 0 Å². The molecule has 0 saturated carbocycles. The Morgan fingerprint density at radius 3 is 2.76 bits per heavy atom. The van der Waals surface area contributed by atoms with Crippen molar-refractivity contribution in [3.63, 3.8) is 0 Å². The third kappa shape index (κ3) is 4.07. The molecule has 1 heterocycles. The van der Waals surface area contributed by atoms with Crippen molar-refractivity contribution < 1.29 is 14.6 Å². The molecule has 4 heteroatoms. The maximum absolute atomic E-state index is 12.6. The van der Waals surface area contributed by atoms with Crippen LogP contribution >= 0.6 is 0 Å². The highest BCUT2D eigenvalue weighted by Crippen LogP contribution is 2.18. The van der Waals surface area contributed by atoms with E-state index in [0.717, 1.165) is 19.4 Å². The van der Waals surface area contributed by atoms with Crippen LogP contribution in [0.25, 0.3) is 0 Å². The first-order chi connectivity index (χ1) is 10.3. The number of piperidine rings is 1. The van der Waals surface area contributed by atoms with Gasteiger partial charge in [0.1, 0.15) is 6.61 Å². The minimum atomic E-state index is -0.206. The van der Waals surface area contributed by atoms with Crippen molar-refractivity contribution >= 4 is 5.91 Å². The fourth-order valence-electron chi connectivity index (χ4n) is 2.54. The van der Waals surface area contributed by atoms with E-state index in [0.29, 0.717) is 24.2 Å². The molecule has 0 aromatic heterocycles. The maximum atomic E-state index is 12.6. The highest BCUT2D eigenvalue weighted by atomic mass is 16.5. The monoisotopic (exact) mass is 287 g/mol. The molecule has 1 aliphatic rings. The van der Waals surface area contributed by atoms with E-state index in [2.05, 4.69) is 11.8 Å². The van der Waals surface area contributed by atoms with Crippen LogP contribution in [0.5, 0.6) is 0 Å². The van der Waals surface area contributed by atoms with Gasteiger partial charge in [0.2, 0.25) is 0 Å². The number of carbonyl (C=O) groups excluding carboxylic acids is 1. The fraction of sp³-hybridized carbons (Fsp3) is 0.471. The molecule has 0 radical (unpaired) electrons. The summed E-state index contributed by atoms with van der Waals surface area (Å²) in [5.41, 5.74) is 1.27. The molecule has 112 valence electrons. The first-order valence-electron chi connectivity index (χ1n) is 7.36. The summed E-state index contributed by atoms with van der Waals surface area (Å²) in [7, 11) is 0. The lowest BCUT2D eigenvalue weighted by Gasteiger charge is -2.32. The third-order valence-electron chi connectivity index (χ3n) is 3.59. The molecule has 1 N–H and O–H groups in total. The molecule has 4 nitrogen and oxygen atoms in total. The normalized spacial score (nSPS) is 15.4. The average Bonchev–Trinajstić information content (AvgIpc) is 2.53. The Labute approximate surface area is 125 Å². The zero-order valence-corrected chi connectivity index (χ0v) is 12.3. The molecule has 0 bridgehead atoms. The molecule has 0 atom stereocenters. The number of ether oxygens (including phenoxy) is 1. The van der Waals surface area contributed by atoms with E-state index in [4.69, 9.17) is 9.84 Å². The fourth-order valence-corrected chi connectivity index (χ4v) is 2.54. The van der Waals surface area contributed by atoms with E-state index < -0.39 is 0 Å². The molecule has 1 aliphatic heterocycles. The first kappa shape index (κ1) is 15.6. The van der Waals surface area contributed by atoms with Gasteiger partial charge >= 0.3 is 0 Å². The topological polar surface area (TPSA) is 49.8 Å². The summed E-state index contributed by atoms with van der Waals surface area (Å²) in [6.07, 6.45) is 2.03. The predicted molar refractivity (Wildman–Crippen MR) is 81.0 cm³/mol. The molecule has 0 unspecified atom stereocenters. The van der Waals surface area contributed by atoms with Gasteiger partial charge in [0.25, 0.3) is 5.91 Å². The summed E-state index contributed by atoms with van der Waals surface area (Å²) in [5, 5.41) is 8.80. The Balaban J connectivity index is 2.07. The van der Waals surface area contributed by atoms with Crippen molar-refractivity contribution in [2.75, 3.05) is 26.3 Å². The highest BCUT2D eigenvalue weighted by Gasteiger charge is 2.24. The van der Waals surface area contributed by atoms with Crippen LogP contribution in [0.4, 0.5) is 0 Å². The van der Waals surface area contributed by atoms with Crippen molar-refractivity contribution in [1.82, 2.24) is 4.90 Å². The number of amides is 1. The largest absolute Gasteiger partial charge is 0.384 e. The van der Waals surface area contributed by atoms with Crippen molar-refractivity contribution in [3.8, 4) is 11.8 Å². The molecule has 0 spiro atoms. The van der Waals surface area contributed by atoms with Crippen molar-refractivity contribution in [2.45, 2.75) is 25.9 Å². The summed E-state index contributed by atoms with van der Waals surface area (Å²) < 4.78 is 5.61. The number of rotatable bonds is 3. The molecule has 2 rings (SSSR count). The van der Waals surface area contributed by atoms with E-state index in [1.807, 2.05) is 30.0 Å². The van der Waals surface area contributed by atoms with Gasteiger partial charge < -0.3 is 14.7 Å². The Morgan fingerprint density at radius 1 is 1.38 bits per heavy atom. The van der Waals surface area contributed by atoms with E-state index in [1.54, 1.807) is 6.07 Å². The molecule has 1 saturated heterocycles. The average molecular weight is 287 g/mol. The minimum absolute atomic E-state index is 0.00721. The number of benzene rings is 1. The number of aliphatic hydroxyl groups excluding tert-OH is 1. The summed E-state index contributed by atoms with van der Waals surface area (Å²) in [4.78, 5) is 14.5. The van der Waals surface area contributed by atoms with Crippen LogP contribution in [-0.2, 0) is 4.74 Å². The van der Waals surface area contributed by atoms with Gasteiger partial charge in [-0.3, -0.25) is 4.79 Å². The van der Waals surface area contributed by atoms with E-state index >= 15 is 0 Å². The second-order valence-electron chi connectivity index (χ2n) is 4.95. The smallest absolute Gasteiger partial charge is 0.255 e. The third-order valence-corrected chi connectivity index (χ3v) is 3.59. The number of hydrogen-bond acceptors (Lipinski definition) is 3. The van der Waals surface area contributed by atoms with Gasteiger partial charge in [0, 0.05) is 25.3 Å². The van der Waals surface area contributed by atoms with Crippen LogP contribution in [0.2, 0.25) is 0 Å². The molecule has 1 aromatic carbocycles. The summed E-state index contributed by atoms with van der Waals surface area (Å²) >= 11 is 0. The van der Waals surface area contributed by atoms with Crippen molar-refractivity contribution in [3.05, 3.63) is 35.4 Å². The lowest BCUT2D eigenvalue weighted by atomic mass is 10.0. The molecule has 1 amide bonds. The summed E-state index contributed by atoms with van der Waals surface area (Å²) in [6, 6.07) is 7.28.